The van der Waals surface area contributed by atoms with Crippen LogP contribution in [0.2, 0.25) is 0 Å². The van der Waals surface area contributed by atoms with Crippen LogP contribution in [-0.2, 0) is 0 Å². The molecule has 0 saturated carbocycles. The number of thiazole rings is 1. The van der Waals surface area contributed by atoms with Crippen LogP contribution in [0.4, 0.5) is 0 Å². The largest absolute Gasteiger partial charge is 0.293 e. The average molecular weight is 221 g/mol. The second-order valence-corrected chi connectivity index (χ2v) is 4.73. The van der Waals surface area contributed by atoms with Gasteiger partial charge in [0.15, 0.2) is 0 Å². The standard InChI is InChI=1S/C11H15N3S/c12-10-4-2-1-3-9(14-10)5-6-11-13-7-8-15-11/h5-10,14H,1-4H2. The van der Waals surface area contributed by atoms with Gasteiger partial charge in [0, 0.05) is 17.6 Å². The molecule has 1 aromatic heterocycles. The molecule has 15 heavy (non-hydrogen) atoms. The smallest absolute Gasteiger partial charge is 0.115 e. The van der Waals surface area contributed by atoms with Crippen molar-refractivity contribution in [1.82, 2.24) is 16.0 Å². The fourth-order valence-electron chi connectivity index (χ4n) is 1.78. The minimum Gasteiger partial charge on any atom is -0.293 e. The van der Waals surface area contributed by atoms with Crippen molar-refractivity contribution in [3.63, 3.8) is 0 Å². The van der Waals surface area contributed by atoms with Crippen molar-refractivity contribution >= 4 is 17.4 Å². The monoisotopic (exact) mass is 221 g/mol. The van der Waals surface area contributed by atoms with E-state index >= 15 is 0 Å². The highest BCUT2D eigenvalue weighted by Crippen LogP contribution is 2.14. The molecule has 2 unspecified atom stereocenters. The first-order valence-electron chi connectivity index (χ1n) is 5.36. The van der Waals surface area contributed by atoms with Crippen LogP contribution in [0.1, 0.15) is 30.7 Å². The molecule has 1 aliphatic rings. The molecule has 0 bridgehead atoms. The second kappa shape index (κ2) is 5.39. The van der Waals surface area contributed by atoms with Crippen molar-refractivity contribution < 1.29 is 0 Å². The van der Waals surface area contributed by atoms with Gasteiger partial charge in [-0.2, -0.15) is 0 Å². The Morgan fingerprint density at radius 1 is 1.47 bits per heavy atom. The Morgan fingerprint density at radius 3 is 3.13 bits per heavy atom. The molecule has 1 aliphatic heterocycles. The van der Waals surface area contributed by atoms with E-state index in [1.807, 2.05) is 11.5 Å². The molecule has 4 heteroatoms. The highest BCUT2D eigenvalue weighted by atomic mass is 32.1. The first-order valence-corrected chi connectivity index (χ1v) is 6.24. The lowest BCUT2D eigenvalue weighted by molar-refractivity contribution is 0.474. The zero-order valence-corrected chi connectivity index (χ0v) is 9.41. The summed E-state index contributed by atoms with van der Waals surface area (Å²) in [6.07, 6.45) is 9.83. The van der Waals surface area contributed by atoms with Crippen LogP contribution in [0.25, 0.3) is 6.08 Å². The lowest BCUT2D eigenvalue weighted by atomic mass is 10.1. The Bertz CT molecular complexity index is 308. The van der Waals surface area contributed by atoms with E-state index in [1.54, 1.807) is 17.5 Å². The summed E-state index contributed by atoms with van der Waals surface area (Å²) in [6.45, 7) is 0. The van der Waals surface area contributed by atoms with Crippen LogP contribution in [-0.4, -0.2) is 17.2 Å². The molecule has 1 saturated heterocycles. The third kappa shape index (κ3) is 3.41. The van der Waals surface area contributed by atoms with E-state index in [-0.39, 0.29) is 12.2 Å². The normalized spacial score (nSPS) is 28.1. The molecular formula is C11H15N3S. The van der Waals surface area contributed by atoms with E-state index < -0.39 is 0 Å². The molecule has 2 radical (unpaired) electrons. The van der Waals surface area contributed by atoms with Gasteiger partial charge in [-0.3, -0.25) is 5.32 Å². The number of rotatable bonds is 2. The Kier molecular flexibility index (Phi) is 3.88. The summed E-state index contributed by atoms with van der Waals surface area (Å²) >= 11 is 1.63. The quantitative estimate of drug-likeness (QED) is 0.831. The Hall–Kier alpha value is -0.710. The van der Waals surface area contributed by atoms with Crippen molar-refractivity contribution in [2.24, 2.45) is 0 Å². The van der Waals surface area contributed by atoms with Crippen LogP contribution in [0.3, 0.4) is 0 Å². The minimum atomic E-state index is -0.349. The van der Waals surface area contributed by atoms with Crippen molar-refractivity contribution in [2.75, 3.05) is 0 Å². The average Bonchev–Trinajstić information content (AvgIpc) is 2.65. The van der Waals surface area contributed by atoms with Gasteiger partial charge in [-0.05, 0) is 18.9 Å². The molecule has 0 amide bonds. The summed E-state index contributed by atoms with van der Waals surface area (Å²) < 4.78 is 0. The van der Waals surface area contributed by atoms with Crippen molar-refractivity contribution in [1.29, 1.82) is 0 Å². The molecular weight excluding hydrogens is 206 g/mol. The van der Waals surface area contributed by atoms with Gasteiger partial charge in [0.05, 0.1) is 6.17 Å². The van der Waals surface area contributed by atoms with E-state index in [2.05, 4.69) is 16.4 Å². The number of nitrogens with zero attached hydrogens (tertiary/aromatic N) is 2. The van der Waals surface area contributed by atoms with Crippen molar-refractivity contribution in [2.45, 2.75) is 37.9 Å². The maximum absolute atomic E-state index is 9.56. The van der Waals surface area contributed by atoms with Gasteiger partial charge >= 0.3 is 0 Å². The molecule has 0 aliphatic carbocycles. The summed E-state index contributed by atoms with van der Waals surface area (Å²) in [6, 6.07) is 0.284. The molecule has 3 nitrogen and oxygen atoms in total. The van der Waals surface area contributed by atoms with E-state index in [0.29, 0.717) is 0 Å². The lowest BCUT2D eigenvalue weighted by Gasteiger charge is -2.13. The van der Waals surface area contributed by atoms with Crippen LogP contribution < -0.4 is 11.1 Å². The first-order chi connectivity index (χ1) is 7.34. The molecule has 0 spiro atoms. The summed E-state index contributed by atoms with van der Waals surface area (Å²) in [7, 11) is 0. The molecule has 1 N–H and O–H groups in total. The minimum absolute atomic E-state index is 0.284. The second-order valence-electron chi connectivity index (χ2n) is 3.80. The zero-order chi connectivity index (χ0) is 10.5. The number of nitrogens with one attached hydrogen (secondary N) is 1. The van der Waals surface area contributed by atoms with Crippen LogP contribution in [0.15, 0.2) is 17.7 Å². The number of aromatic nitrogens is 1. The predicted molar refractivity (Wildman–Crippen MR) is 62.5 cm³/mol. The lowest BCUT2D eigenvalue weighted by Crippen LogP contribution is -2.36. The van der Waals surface area contributed by atoms with Crippen LogP contribution >= 0.6 is 11.3 Å². The summed E-state index contributed by atoms with van der Waals surface area (Å²) in [4.78, 5) is 4.18. The Balaban J connectivity index is 1.92. The number of hydrogen-bond acceptors (Lipinski definition) is 3. The molecule has 2 heterocycles. The molecule has 2 rings (SSSR count). The van der Waals surface area contributed by atoms with Gasteiger partial charge in [-0.25, -0.2) is 4.98 Å². The summed E-state index contributed by atoms with van der Waals surface area (Å²) in [5.74, 6) is 0. The molecule has 0 aromatic carbocycles. The highest BCUT2D eigenvalue weighted by Gasteiger charge is 2.14. The Labute approximate surface area is 94.4 Å². The zero-order valence-electron chi connectivity index (χ0n) is 8.60. The SMILES string of the molecule is [N]C1CCCCC(C=Cc2nccs2)N1. The van der Waals surface area contributed by atoms with Crippen LogP contribution in [0.5, 0.6) is 0 Å². The van der Waals surface area contributed by atoms with Crippen molar-refractivity contribution in [3.8, 4) is 0 Å². The van der Waals surface area contributed by atoms with Gasteiger partial charge in [-0.15, -0.1) is 17.1 Å². The molecule has 1 fully saturated rings. The van der Waals surface area contributed by atoms with E-state index in [0.717, 1.165) is 24.3 Å². The van der Waals surface area contributed by atoms with Crippen molar-refractivity contribution in [3.05, 3.63) is 22.7 Å². The predicted octanol–water partition coefficient (Wildman–Crippen LogP) is 2.08. The van der Waals surface area contributed by atoms with Gasteiger partial charge in [0.2, 0.25) is 0 Å². The molecule has 80 valence electrons. The fourth-order valence-corrected chi connectivity index (χ4v) is 2.32. The molecule has 1 aromatic rings. The van der Waals surface area contributed by atoms with Gasteiger partial charge < -0.3 is 0 Å². The summed E-state index contributed by atoms with van der Waals surface area (Å²) in [5.41, 5.74) is 9.56. The topological polar surface area (TPSA) is 47.2 Å². The van der Waals surface area contributed by atoms with Gasteiger partial charge in [0.25, 0.3) is 0 Å². The van der Waals surface area contributed by atoms with Crippen LogP contribution in [0, 0.1) is 0 Å². The number of hydrogen-bond donors (Lipinski definition) is 1. The molecule has 2 atom stereocenters. The van der Waals surface area contributed by atoms with E-state index in [9.17, 15) is 5.73 Å². The maximum atomic E-state index is 9.56. The third-order valence-electron chi connectivity index (χ3n) is 2.57. The maximum Gasteiger partial charge on any atom is 0.115 e. The Morgan fingerprint density at radius 2 is 2.33 bits per heavy atom. The third-order valence-corrected chi connectivity index (χ3v) is 3.31. The fraction of sp³-hybridized carbons (Fsp3) is 0.545. The first kappa shape index (κ1) is 10.8. The van der Waals surface area contributed by atoms with Gasteiger partial charge in [-0.1, -0.05) is 18.9 Å². The highest BCUT2D eigenvalue weighted by molar-refractivity contribution is 7.10. The van der Waals surface area contributed by atoms with Gasteiger partial charge in [0.1, 0.15) is 5.01 Å². The van der Waals surface area contributed by atoms with E-state index in [1.165, 1.54) is 6.42 Å². The van der Waals surface area contributed by atoms with E-state index in [4.69, 9.17) is 0 Å². The summed E-state index contributed by atoms with van der Waals surface area (Å²) in [5, 5.41) is 6.18.